The lowest BCUT2D eigenvalue weighted by Gasteiger charge is -2.23. The lowest BCUT2D eigenvalue weighted by Crippen LogP contribution is -2.11. The zero-order valence-corrected chi connectivity index (χ0v) is 13.3. The van der Waals surface area contributed by atoms with Crippen molar-refractivity contribution in [2.45, 2.75) is 66.2 Å². The standard InChI is InChI=1S/C18H24N2/c1-6-13(7-2)18-15(9-4)16(10-19)12(5)14(8-3)17(18)11-20/h13H,6-9H2,1-5H3. The van der Waals surface area contributed by atoms with Crippen LogP contribution in [0.2, 0.25) is 0 Å². The van der Waals surface area contributed by atoms with Crippen LogP contribution < -0.4 is 0 Å². The van der Waals surface area contributed by atoms with Gasteiger partial charge in [0, 0.05) is 0 Å². The summed E-state index contributed by atoms with van der Waals surface area (Å²) >= 11 is 0. The molecule has 0 heterocycles. The third-order valence-corrected chi connectivity index (χ3v) is 4.35. The van der Waals surface area contributed by atoms with E-state index in [1.165, 1.54) is 0 Å². The first kappa shape index (κ1) is 16.3. The van der Waals surface area contributed by atoms with Gasteiger partial charge >= 0.3 is 0 Å². The van der Waals surface area contributed by atoms with Gasteiger partial charge in [-0.3, -0.25) is 0 Å². The minimum Gasteiger partial charge on any atom is -0.192 e. The molecule has 0 aliphatic carbocycles. The highest BCUT2D eigenvalue weighted by Crippen LogP contribution is 2.36. The summed E-state index contributed by atoms with van der Waals surface area (Å²) in [6.45, 7) is 10.4. The van der Waals surface area contributed by atoms with E-state index in [0.717, 1.165) is 59.1 Å². The molecular formula is C18H24N2. The zero-order chi connectivity index (χ0) is 15.3. The molecule has 1 aromatic rings. The van der Waals surface area contributed by atoms with E-state index in [1.54, 1.807) is 0 Å². The molecule has 0 unspecified atom stereocenters. The second kappa shape index (κ2) is 7.11. The quantitative estimate of drug-likeness (QED) is 0.772. The largest absolute Gasteiger partial charge is 0.192 e. The van der Waals surface area contributed by atoms with Crippen LogP contribution in [0.4, 0.5) is 0 Å². The first-order chi connectivity index (χ1) is 9.60. The fraction of sp³-hybridized carbons (Fsp3) is 0.556. The van der Waals surface area contributed by atoms with Crippen molar-refractivity contribution in [2.24, 2.45) is 0 Å². The molecule has 0 aliphatic rings. The van der Waals surface area contributed by atoms with Crippen molar-refractivity contribution in [3.05, 3.63) is 33.4 Å². The molecule has 0 radical (unpaired) electrons. The third kappa shape index (κ3) is 2.56. The smallest absolute Gasteiger partial charge is 0.0997 e. The maximum Gasteiger partial charge on any atom is 0.0997 e. The number of hydrogen-bond acceptors (Lipinski definition) is 2. The van der Waals surface area contributed by atoms with Crippen LogP contribution in [0.5, 0.6) is 0 Å². The fourth-order valence-corrected chi connectivity index (χ4v) is 3.25. The molecule has 2 nitrogen and oxygen atoms in total. The number of nitriles is 2. The third-order valence-electron chi connectivity index (χ3n) is 4.35. The van der Waals surface area contributed by atoms with Crippen LogP contribution in [0.15, 0.2) is 0 Å². The molecule has 2 heteroatoms. The maximum absolute atomic E-state index is 9.65. The van der Waals surface area contributed by atoms with E-state index in [4.69, 9.17) is 0 Å². The van der Waals surface area contributed by atoms with Gasteiger partial charge in [0.1, 0.15) is 0 Å². The zero-order valence-electron chi connectivity index (χ0n) is 13.3. The number of nitrogens with zero attached hydrogens (tertiary/aromatic N) is 2. The average Bonchev–Trinajstić information content (AvgIpc) is 2.48. The van der Waals surface area contributed by atoms with Crippen molar-refractivity contribution < 1.29 is 0 Å². The molecule has 0 aliphatic heterocycles. The number of rotatable bonds is 5. The molecule has 0 aromatic heterocycles. The van der Waals surface area contributed by atoms with Crippen LogP contribution in [0, 0.1) is 29.6 Å². The Kier molecular flexibility index (Phi) is 5.78. The molecule has 0 fully saturated rings. The van der Waals surface area contributed by atoms with E-state index in [-0.39, 0.29) is 0 Å². The average molecular weight is 268 g/mol. The summed E-state index contributed by atoms with van der Waals surface area (Å²) in [6.07, 6.45) is 3.64. The Balaban J connectivity index is 3.88. The number of hydrogen-bond donors (Lipinski definition) is 0. The molecule has 0 spiro atoms. The highest BCUT2D eigenvalue weighted by Gasteiger charge is 2.23. The van der Waals surface area contributed by atoms with Crippen LogP contribution in [0.3, 0.4) is 0 Å². The molecule has 0 saturated carbocycles. The van der Waals surface area contributed by atoms with Crippen molar-refractivity contribution in [1.29, 1.82) is 10.5 Å². The molecule has 0 atom stereocenters. The minimum absolute atomic E-state index is 0.373. The minimum atomic E-state index is 0.373. The van der Waals surface area contributed by atoms with Gasteiger partial charge in [-0.25, -0.2) is 0 Å². The Morgan fingerprint density at radius 1 is 0.850 bits per heavy atom. The molecule has 1 aromatic carbocycles. The highest BCUT2D eigenvalue weighted by molar-refractivity contribution is 5.61. The van der Waals surface area contributed by atoms with Gasteiger partial charge in [-0.15, -0.1) is 0 Å². The van der Waals surface area contributed by atoms with Gasteiger partial charge in [-0.2, -0.15) is 10.5 Å². The Morgan fingerprint density at radius 3 is 1.70 bits per heavy atom. The predicted octanol–water partition coefficient (Wildman–Crippen LogP) is 4.77. The maximum atomic E-state index is 9.65. The van der Waals surface area contributed by atoms with Crippen LogP contribution in [-0.2, 0) is 12.8 Å². The molecule has 0 N–H and O–H groups in total. The summed E-state index contributed by atoms with van der Waals surface area (Å²) in [6, 6.07) is 4.80. The highest BCUT2D eigenvalue weighted by atomic mass is 14.3. The molecule has 20 heavy (non-hydrogen) atoms. The van der Waals surface area contributed by atoms with Crippen LogP contribution in [-0.4, -0.2) is 0 Å². The van der Waals surface area contributed by atoms with Gasteiger partial charge in [-0.1, -0.05) is 27.7 Å². The lowest BCUT2D eigenvalue weighted by molar-refractivity contribution is 0.632. The van der Waals surface area contributed by atoms with E-state index in [9.17, 15) is 10.5 Å². The summed E-state index contributed by atoms with van der Waals surface area (Å²) < 4.78 is 0. The lowest BCUT2D eigenvalue weighted by atomic mass is 9.79. The van der Waals surface area contributed by atoms with Gasteiger partial charge in [-0.05, 0) is 60.8 Å². The summed E-state index contributed by atoms with van der Waals surface area (Å²) in [7, 11) is 0. The van der Waals surface area contributed by atoms with Crippen LogP contribution in [0.1, 0.15) is 79.8 Å². The Morgan fingerprint density at radius 2 is 1.35 bits per heavy atom. The van der Waals surface area contributed by atoms with Crippen LogP contribution in [0.25, 0.3) is 0 Å². The van der Waals surface area contributed by atoms with E-state index in [0.29, 0.717) is 5.92 Å². The van der Waals surface area contributed by atoms with Gasteiger partial charge in [0.15, 0.2) is 0 Å². The van der Waals surface area contributed by atoms with Gasteiger partial charge < -0.3 is 0 Å². The Hall–Kier alpha value is -1.80. The first-order valence-electron chi connectivity index (χ1n) is 7.59. The van der Waals surface area contributed by atoms with E-state index < -0.39 is 0 Å². The molecule has 1 rings (SSSR count). The second-order valence-corrected chi connectivity index (χ2v) is 5.19. The van der Waals surface area contributed by atoms with Gasteiger partial charge in [0.2, 0.25) is 0 Å². The van der Waals surface area contributed by atoms with Crippen molar-refractivity contribution >= 4 is 0 Å². The monoisotopic (exact) mass is 268 g/mol. The molecule has 0 amide bonds. The molecular weight excluding hydrogens is 244 g/mol. The van der Waals surface area contributed by atoms with Crippen molar-refractivity contribution in [1.82, 2.24) is 0 Å². The first-order valence-corrected chi connectivity index (χ1v) is 7.59. The topological polar surface area (TPSA) is 47.6 Å². The summed E-state index contributed by atoms with van der Waals surface area (Å²) in [4.78, 5) is 0. The molecule has 0 bridgehead atoms. The van der Waals surface area contributed by atoms with Crippen molar-refractivity contribution in [2.75, 3.05) is 0 Å². The van der Waals surface area contributed by atoms with E-state index >= 15 is 0 Å². The van der Waals surface area contributed by atoms with Crippen LogP contribution >= 0.6 is 0 Å². The normalized spacial score (nSPS) is 10.4. The van der Waals surface area contributed by atoms with Gasteiger partial charge in [0.25, 0.3) is 0 Å². The Bertz CT molecular complexity index is 567. The van der Waals surface area contributed by atoms with Crippen molar-refractivity contribution in [3.8, 4) is 12.1 Å². The molecule has 106 valence electrons. The SMILES string of the molecule is CCc1c(C)c(C#N)c(CC)c(C(CC)CC)c1C#N. The van der Waals surface area contributed by atoms with E-state index in [1.807, 2.05) is 6.92 Å². The fourth-order valence-electron chi connectivity index (χ4n) is 3.25. The van der Waals surface area contributed by atoms with Crippen molar-refractivity contribution in [3.63, 3.8) is 0 Å². The number of benzene rings is 1. The summed E-state index contributed by atoms with van der Waals surface area (Å²) in [5, 5.41) is 19.2. The second-order valence-electron chi connectivity index (χ2n) is 5.19. The summed E-state index contributed by atoms with van der Waals surface area (Å²) in [5.41, 5.74) is 5.91. The Labute approximate surface area is 123 Å². The van der Waals surface area contributed by atoms with E-state index in [2.05, 4.69) is 39.8 Å². The van der Waals surface area contributed by atoms with Gasteiger partial charge in [0.05, 0.1) is 23.3 Å². The molecule has 0 saturated heterocycles. The predicted molar refractivity (Wildman–Crippen MR) is 82.7 cm³/mol. The summed E-state index contributed by atoms with van der Waals surface area (Å²) in [5.74, 6) is 0.373.